The summed E-state index contributed by atoms with van der Waals surface area (Å²) in [5.41, 5.74) is 2.21. The molecule has 2 heterocycles. The predicted molar refractivity (Wildman–Crippen MR) is 94.3 cm³/mol. The third-order valence-corrected chi connectivity index (χ3v) is 5.40. The van der Waals surface area contributed by atoms with Crippen LogP contribution in [0.1, 0.15) is 66.2 Å². The molecule has 0 radical (unpaired) electrons. The van der Waals surface area contributed by atoms with Crippen LogP contribution in [0, 0.1) is 0 Å². The number of hydrogen-bond acceptors (Lipinski definition) is 3. The summed E-state index contributed by atoms with van der Waals surface area (Å²) in [4.78, 5) is 0. The summed E-state index contributed by atoms with van der Waals surface area (Å²) < 4.78 is 6.32. The van der Waals surface area contributed by atoms with Crippen molar-refractivity contribution in [1.29, 1.82) is 0 Å². The third-order valence-electron chi connectivity index (χ3n) is 5.40. The maximum atomic E-state index is 10.7. The maximum Gasteiger partial charge on any atom is 0.0932 e. The van der Waals surface area contributed by atoms with Gasteiger partial charge in [-0.05, 0) is 77.4 Å². The van der Waals surface area contributed by atoms with E-state index in [0.717, 1.165) is 49.7 Å². The fourth-order valence-electron chi connectivity index (χ4n) is 3.63. The Morgan fingerprint density at radius 3 is 2.52 bits per heavy atom. The highest BCUT2D eigenvalue weighted by atomic mass is 16.5. The second kappa shape index (κ2) is 6.92. The number of aliphatic hydroxyl groups excluding tert-OH is 2. The minimum atomic E-state index is -0.626. The Hall–Kier alpha value is -0.900. The van der Waals surface area contributed by atoms with Crippen LogP contribution in [0.15, 0.2) is 35.5 Å². The second-order valence-electron chi connectivity index (χ2n) is 7.86. The molecule has 1 saturated heterocycles. The van der Waals surface area contributed by atoms with Crippen LogP contribution in [0.25, 0.3) is 0 Å². The van der Waals surface area contributed by atoms with Gasteiger partial charge in [0.05, 0.1) is 23.4 Å². The normalized spacial score (nSPS) is 36.2. The van der Waals surface area contributed by atoms with Gasteiger partial charge in [0.15, 0.2) is 0 Å². The molecule has 1 fully saturated rings. The molecule has 0 spiro atoms. The number of allylic oxidation sites excluding steroid dienone is 2. The number of rotatable bonds is 0. The number of aliphatic hydroxyl groups is 2. The van der Waals surface area contributed by atoms with Crippen LogP contribution in [-0.2, 0) is 4.74 Å². The molecule has 3 heteroatoms. The highest BCUT2D eigenvalue weighted by Crippen LogP contribution is 2.42. The largest absolute Gasteiger partial charge is 0.390 e. The second-order valence-corrected chi connectivity index (χ2v) is 7.86. The van der Waals surface area contributed by atoms with E-state index in [9.17, 15) is 10.2 Å². The van der Waals surface area contributed by atoms with E-state index in [2.05, 4.69) is 19.6 Å². The molecule has 1 aliphatic carbocycles. The van der Waals surface area contributed by atoms with E-state index in [0.29, 0.717) is 0 Å². The van der Waals surface area contributed by atoms with Gasteiger partial charge < -0.3 is 14.9 Å². The molecule has 3 atom stereocenters. The molecule has 2 aliphatic heterocycles. The van der Waals surface area contributed by atoms with Gasteiger partial charge in [0.2, 0.25) is 0 Å². The highest BCUT2D eigenvalue weighted by Gasteiger charge is 2.44. The molecule has 23 heavy (non-hydrogen) atoms. The minimum Gasteiger partial charge on any atom is -0.390 e. The fourth-order valence-corrected chi connectivity index (χ4v) is 3.63. The average molecular weight is 320 g/mol. The summed E-state index contributed by atoms with van der Waals surface area (Å²) in [6.45, 7) is 12.2. The van der Waals surface area contributed by atoms with Gasteiger partial charge in [0.1, 0.15) is 0 Å². The summed E-state index contributed by atoms with van der Waals surface area (Å²) in [7, 11) is 0. The first-order valence-corrected chi connectivity index (χ1v) is 8.75. The smallest absolute Gasteiger partial charge is 0.0932 e. The molecule has 3 aliphatic rings. The molecule has 0 aromatic carbocycles. The lowest BCUT2D eigenvalue weighted by Gasteiger charge is -2.47. The van der Waals surface area contributed by atoms with Crippen molar-refractivity contribution in [3.05, 3.63) is 35.5 Å². The maximum absolute atomic E-state index is 10.7. The zero-order valence-electron chi connectivity index (χ0n) is 15.1. The number of ether oxygens (including phenoxy) is 1. The van der Waals surface area contributed by atoms with Crippen LogP contribution in [0.2, 0.25) is 0 Å². The van der Waals surface area contributed by atoms with E-state index in [1.807, 2.05) is 26.8 Å². The van der Waals surface area contributed by atoms with E-state index < -0.39 is 23.4 Å². The van der Waals surface area contributed by atoms with Gasteiger partial charge in [-0.1, -0.05) is 24.3 Å². The van der Waals surface area contributed by atoms with Crippen molar-refractivity contribution in [3.8, 4) is 0 Å². The quantitative estimate of drug-likeness (QED) is 0.662. The topological polar surface area (TPSA) is 49.7 Å². The van der Waals surface area contributed by atoms with E-state index in [1.54, 1.807) is 0 Å². The van der Waals surface area contributed by atoms with Crippen molar-refractivity contribution in [3.63, 3.8) is 0 Å². The van der Waals surface area contributed by atoms with Gasteiger partial charge >= 0.3 is 0 Å². The molecule has 0 saturated carbocycles. The van der Waals surface area contributed by atoms with Gasteiger partial charge in [0, 0.05) is 0 Å². The summed E-state index contributed by atoms with van der Waals surface area (Å²) in [5.74, 6) is 0. The van der Waals surface area contributed by atoms with E-state index in [4.69, 9.17) is 4.74 Å². The van der Waals surface area contributed by atoms with Crippen molar-refractivity contribution in [2.45, 2.75) is 89.6 Å². The van der Waals surface area contributed by atoms with Gasteiger partial charge in [-0.2, -0.15) is 0 Å². The zero-order chi connectivity index (χ0) is 17.3. The third kappa shape index (κ3) is 4.34. The Kier molecular flexibility index (Phi) is 5.55. The Morgan fingerprint density at radius 2 is 1.87 bits per heavy atom. The SMILES string of the molecule is C=C1CCC=C(C)CCC(O)C2(C)CCC(=CC1O)C(C)(C)O2. The molecule has 2 N–H and O–H groups in total. The molecular weight excluding hydrogens is 288 g/mol. The first-order valence-electron chi connectivity index (χ1n) is 8.75. The molecular formula is C20H32O3. The summed E-state index contributed by atoms with van der Waals surface area (Å²) >= 11 is 0. The fraction of sp³-hybridized carbons (Fsp3) is 0.700. The molecule has 2 bridgehead atoms. The van der Waals surface area contributed by atoms with Gasteiger partial charge in [0.25, 0.3) is 0 Å². The monoisotopic (exact) mass is 320 g/mol. The molecule has 3 unspecified atom stereocenters. The Bertz CT molecular complexity index is 515. The van der Waals surface area contributed by atoms with E-state index in [-0.39, 0.29) is 0 Å². The van der Waals surface area contributed by atoms with Crippen molar-refractivity contribution in [2.75, 3.05) is 0 Å². The lowest BCUT2D eigenvalue weighted by atomic mass is 9.79. The Morgan fingerprint density at radius 1 is 1.17 bits per heavy atom. The average Bonchev–Trinajstić information content (AvgIpc) is 2.46. The number of fused-ring (bicyclic) bond motifs is 10. The highest BCUT2D eigenvalue weighted by molar-refractivity contribution is 5.25. The summed E-state index contributed by atoms with van der Waals surface area (Å²) in [6.07, 6.45) is 7.85. The molecule has 130 valence electrons. The van der Waals surface area contributed by atoms with Gasteiger partial charge in [-0.25, -0.2) is 0 Å². The minimum absolute atomic E-state index is 0.477. The lowest BCUT2D eigenvalue weighted by molar-refractivity contribution is -0.188. The zero-order valence-corrected chi connectivity index (χ0v) is 15.1. The van der Waals surface area contributed by atoms with E-state index in [1.165, 1.54) is 5.57 Å². The van der Waals surface area contributed by atoms with Crippen molar-refractivity contribution < 1.29 is 14.9 Å². The standard InChI is InChI=1S/C20H32O3/c1-14-7-6-8-15(2)17(21)13-16-11-12-20(5,18(22)10-9-14)23-19(16,3)4/h7,13,17-18,21-22H,2,6,8-12H2,1,3-5H3. The van der Waals surface area contributed by atoms with Crippen LogP contribution in [0.5, 0.6) is 0 Å². The van der Waals surface area contributed by atoms with Gasteiger partial charge in [-0.3, -0.25) is 0 Å². The molecule has 3 nitrogen and oxygen atoms in total. The van der Waals surface area contributed by atoms with Crippen molar-refractivity contribution >= 4 is 0 Å². The summed E-state index contributed by atoms with van der Waals surface area (Å²) in [5, 5.41) is 21.1. The molecule has 0 amide bonds. The van der Waals surface area contributed by atoms with Crippen molar-refractivity contribution in [2.24, 2.45) is 0 Å². The summed E-state index contributed by atoms with van der Waals surface area (Å²) in [6, 6.07) is 0. The first-order chi connectivity index (χ1) is 10.6. The lowest BCUT2D eigenvalue weighted by Crippen LogP contribution is -2.52. The van der Waals surface area contributed by atoms with Crippen LogP contribution < -0.4 is 0 Å². The van der Waals surface area contributed by atoms with Crippen LogP contribution >= 0.6 is 0 Å². The van der Waals surface area contributed by atoms with Crippen LogP contribution in [0.4, 0.5) is 0 Å². The van der Waals surface area contributed by atoms with E-state index >= 15 is 0 Å². The van der Waals surface area contributed by atoms with Crippen LogP contribution in [0.3, 0.4) is 0 Å². The Balaban J connectivity index is 2.32. The van der Waals surface area contributed by atoms with Gasteiger partial charge in [-0.15, -0.1) is 0 Å². The predicted octanol–water partition coefficient (Wildman–Crippen LogP) is 4.06. The van der Waals surface area contributed by atoms with Crippen LogP contribution in [-0.4, -0.2) is 33.6 Å². The number of hydrogen-bond donors (Lipinski definition) is 2. The molecule has 3 rings (SSSR count). The first kappa shape index (κ1) is 18.4. The van der Waals surface area contributed by atoms with Crippen molar-refractivity contribution in [1.82, 2.24) is 0 Å². The molecule has 0 aromatic rings. The molecule has 0 aromatic heterocycles. The Labute approximate surface area is 140 Å².